The van der Waals surface area contributed by atoms with Gasteiger partial charge in [-0.25, -0.2) is 0 Å². The van der Waals surface area contributed by atoms with Crippen molar-refractivity contribution in [3.63, 3.8) is 0 Å². The van der Waals surface area contributed by atoms with Crippen LogP contribution in [-0.4, -0.2) is 102 Å². The molecule has 176 valence electrons. The molecule has 1 rings (SSSR count). The van der Waals surface area contributed by atoms with Crippen LogP contribution in [0, 0.1) is 0 Å². The van der Waals surface area contributed by atoms with Gasteiger partial charge in [0.25, 0.3) is 0 Å². The van der Waals surface area contributed by atoms with Gasteiger partial charge in [-0.15, -0.1) is 0 Å². The van der Waals surface area contributed by atoms with Gasteiger partial charge in [-0.1, -0.05) is 19.3 Å². The Balaban J connectivity index is 2.56. The van der Waals surface area contributed by atoms with Crippen LogP contribution in [0.3, 0.4) is 0 Å². The first-order chi connectivity index (χ1) is 14.9. The second-order valence-corrected chi connectivity index (χ2v) is 50.1. The molecule has 1 atom stereocenters. The third-order valence-electron chi connectivity index (χ3n) is 4.78. The van der Waals surface area contributed by atoms with Gasteiger partial charge in [-0.3, -0.25) is 0 Å². The maximum atomic E-state index is 12.3. The van der Waals surface area contributed by atoms with E-state index in [1.165, 1.54) is 25.8 Å². The van der Waals surface area contributed by atoms with Crippen molar-refractivity contribution in [3.8, 4) is 0 Å². The Hall–Kier alpha value is 0.249. The lowest BCUT2D eigenvalue weighted by atomic mass is 9.95. The zero-order chi connectivity index (χ0) is 24.5. The molecule has 12 nitrogen and oxygen atoms in total. The molecule has 0 spiro atoms. The fourth-order valence-electron chi connectivity index (χ4n) is 3.03. The van der Waals surface area contributed by atoms with Crippen LogP contribution in [0.4, 0.5) is 0 Å². The van der Waals surface area contributed by atoms with Gasteiger partial charge in [0.15, 0.2) is 0 Å². The van der Waals surface area contributed by atoms with Crippen molar-refractivity contribution in [2.45, 2.75) is 57.2 Å². The summed E-state index contributed by atoms with van der Waals surface area (Å²) in [6.45, 7) is 1.96. The van der Waals surface area contributed by atoms with Gasteiger partial charge in [0.1, 0.15) is 0 Å². The van der Waals surface area contributed by atoms with E-state index in [9.17, 15) is 40.5 Å². The van der Waals surface area contributed by atoms with Crippen LogP contribution in [-0.2, 0) is 39.8 Å². The molecule has 1 saturated carbocycles. The predicted molar refractivity (Wildman–Crippen MR) is 122 cm³/mol. The van der Waals surface area contributed by atoms with Gasteiger partial charge in [0.05, 0.1) is 0 Å². The Morgan fingerprint density at radius 2 is 1.38 bits per heavy atom. The predicted octanol–water partition coefficient (Wildman–Crippen LogP) is -3.63. The Bertz CT molecular complexity index is 841. The van der Waals surface area contributed by atoms with Gasteiger partial charge >= 0.3 is 71.0 Å². The maximum Gasteiger partial charge on any atom is 0.533 e. The summed E-state index contributed by atoms with van der Waals surface area (Å²) < 4.78 is 101. The first kappa shape index (κ1) is 30.3. The van der Waals surface area contributed by atoms with Crippen LogP contribution in [0.2, 0.25) is 12.6 Å². The monoisotopic (exact) mass is 615 g/mol. The summed E-state index contributed by atoms with van der Waals surface area (Å²) in [6, 6.07) is 0.611. The van der Waals surface area contributed by atoms with E-state index >= 15 is 0 Å². The Labute approximate surface area is 198 Å². The van der Waals surface area contributed by atoms with Crippen LogP contribution in [0.1, 0.15) is 38.5 Å². The summed E-state index contributed by atoms with van der Waals surface area (Å²) in [5.74, 6) is 0. The minimum atomic E-state index is -3.75. The quantitative estimate of drug-likeness (QED) is 0.121. The third kappa shape index (κ3) is 9.85. The molecule has 0 saturated heterocycles. The molecule has 22 heteroatoms. The second kappa shape index (κ2) is 14.6. The van der Waals surface area contributed by atoms with E-state index in [1.807, 2.05) is 0 Å². The summed E-state index contributed by atoms with van der Waals surface area (Å²) in [4.78, 5) is 19.2. The average Bonchev–Trinajstić information content (AvgIpc) is 2.78. The Morgan fingerprint density at radius 3 is 1.91 bits per heavy atom. The molecule has 0 aromatic heterocycles. The largest absolute Gasteiger partial charge is 0.558 e. The van der Waals surface area contributed by atoms with Crippen molar-refractivity contribution in [2.75, 3.05) is 6.54 Å². The van der Waals surface area contributed by atoms with Crippen LogP contribution < -0.4 is 5.32 Å². The fraction of sp³-hybridized carbons (Fsp3) is 1.00. The van der Waals surface area contributed by atoms with Crippen molar-refractivity contribution in [2.24, 2.45) is 0 Å². The molecule has 0 aromatic rings. The van der Waals surface area contributed by atoms with Crippen molar-refractivity contribution in [1.29, 1.82) is 0 Å². The lowest BCUT2D eigenvalue weighted by Gasteiger charge is -2.24. The highest BCUT2D eigenvalue weighted by Crippen LogP contribution is 2.17. The molecular formula is C10H25NO11Si10. The number of hydrogen-bond donors (Lipinski definition) is 3. The molecule has 32 heavy (non-hydrogen) atoms. The molecule has 0 radical (unpaired) electrons. The highest BCUT2D eigenvalue weighted by Gasteiger charge is 2.50. The molecule has 0 aliphatic heterocycles. The van der Waals surface area contributed by atoms with Gasteiger partial charge in [-0.05, 0) is 32.4 Å². The van der Waals surface area contributed by atoms with Crippen molar-refractivity contribution in [1.82, 2.24) is 5.32 Å². The standard InChI is InChI=1S/C10H25NO11Si10/c1-32(21,9-5-8-11-10-6-3-2-4-7-10)22-24(13)26(15)28(17)30(19)31(20)29(18)27(16)25(14)23-12/h10-12,21H,2-9,23H2,1H3. The van der Waals surface area contributed by atoms with Crippen LogP contribution >= 0.6 is 0 Å². The number of hydrogen-bond acceptors (Lipinski definition) is 12. The maximum absolute atomic E-state index is 12.3. The minimum absolute atomic E-state index is 0.181. The van der Waals surface area contributed by atoms with E-state index < -0.39 is 80.3 Å². The molecule has 0 heterocycles. The topological polar surface area (TPSA) is 198 Å². The molecule has 3 N–H and O–H groups in total. The molecule has 0 amide bonds. The van der Waals surface area contributed by atoms with Crippen molar-refractivity contribution >= 4 is 80.3 Å². The number of rotatable bonds is 15. The van der Waals surface area contributed by atoms with Gasteiger partial charge in [0.2, 0.25) is 9.28 Å². The van der Waals surface area contributed by atoms with Crippen LogP contribution in [0.25, 0.3) is 0 Å². The van der Waals surface area contributed by atoms with Crippen molar-refractivity contribution < 1.29 is 49.4 Å². The van der Waals surface area contributed by atoms with E-state index in [4.69, 9.17) is 8.91 Å². The molecule has 0 bridgehead atoms. The molecule has 1 aliphatic carbocycles. The highest BCUT2D eigenvalue weighted by molar-refractivity contribution is 7.74. The summed E-state index contributed by atoms with van der Waals surface area (Å²) in [6.07, 6.45) is 6.28. The van der Waals surface area contributed by atoms with Crippen molar-refractivity contribution in [3.05, 3.63) is 0 Å². The fourth-order valence-corrected chi connectivity index (χ4v) is 84.5. The Kier molecular flexibility index (Phi) is 13.8. The van der Waals surface area contributed by atoms with Crippen LogP contribution in [0.15, 0.2) is 0 Å². The summed E-state index contributed by atoms with van der Waals surface area (Å²) >= 11 is 0. The first-order valence-electron chi connectivity index (χ1n) is 10.00. The average molecular weight is 616 g/mol. The lowest BCUT2D eigenvalue weighted by Crippen LogP contribution is -2.53. The van der Waals surface area contributed by atoms with Gasteiger partial charge < -0.3 is 54.7 Å². The number of nitrogens with one attached hydrogen (secondary N) is 1. The van der Waals surface area contributed by atoms with Gasteiger partial charge in [0, 0.05) is 12.1 Å². The summed E-state index contributed by atoms with van der Waals surface area (Å²) in [5.41, 5.74) is 0. The van der Waals surface area contributed by atoms with E-state index in [0.717, 1.165) is 12.8 Å². The first-order valence-corrected chi connectivity index (χ1v) is 33.7. The van der Waals surface area contributed by atoms with E-state index in [1.54, 1.807) is 0 Å². The zero-order valence-electron chi connectivity index (χ0n) is 17.5. The highest BCUT2D eigenvalue weighted by atomic mass is 30.0. The molecule has 1 aliphatic rings. The molecular weight excluding hydrogens is 591 g/mol. The van der Waals surface area contributed by atoms with Gasteiger partial charge in [-0.2, -0.15) is 0 Å². The molecule has 0 aromatic carbocycles. The third-order valence-corrected chi connectivity index (χ3v) is 65.9. The van der Waals surface area contributed by atoms with E-state index in [0.29, 0.717) is 19.0 Å². The zero-order valence-corrected chi connectivity index (χ0v) is 27.9. The van der Waals surface area contributed by atoms with E-state index in [-0.39, 0.29) is 6.04 Å². The Morgan fingerprint density at radius 1 is 0.875 bits per heavy atom. The van der Waals surface area contributed by atoms with E-state index in [2.05, 4.69) is 5.32 Å². The minimum Gasteiger partial charge on any atom is -0.558 e. The lowest BCUT2D eigenvalue weighted by molar-refractivity contribution is 0.351. The molecule has 1 fully saturated rings. The second-order valence-electron chi connectivity index (χ2n) is 7.51. The smallest absolute Gasteiger partial charge is 0.533 e. The summed E-state index contributed by atoms with van der Waals surface area (Å²) in [5, 5.41) is 3.38. The van der Waals surface area contributed by atoms with Crippen LogP contribution in [0.5, 0.6) is 0 Å². The molecule has 1 unspecified atom stereocenters. The SMILES string of the molecule is C[Si](O)(CCCNC1CCCCC1)O[Si](=O)[Si](=O)[Si](=O)[Si](=O)[Si](=O)[Si](=O)[Si](=O)[Si](=O)[SiH2]O. The summed E-state index contributed by atoms with van der Waals surface area (Å²) in [7, 11) is -34.1. The normalized spacial score (nSPS) is 16.2.